The predicted octanol–water partition coefficient (Wildman–Crippen LogP) is 14.9. The van der Waals surface area contributed by atoms with E-state index >= 15 is 0 Å². The first-order chi connectivity index (χ1) is 42.9. The van der Waals surface area contributed by atoms with Crippen LogP contribution in [-0.4, -0.2) is 48.6 Å². The van der Waals surface area contributed by atoms with E-state index in [1.807, 2.05) is 128 Å². The maximum Gasteiger partial charge on any atom is 0.342 e. The van der Waals surface area contributed by atoms with Gasteiger partial charge in [-0.05, 0) is 193 Å². The number of carbonyl (C=O) groups excluding carboxylic acids is 7. The maximum atomic E-state index is 12.0. The minimum Gasteiger partial charge on any atom is -0.465 e. The Morgan fingerprint density at radius 2 is 0.978 bits per heavy atom. The number of carbonyl (C=O) groups is 7. The van der Waals surface area contributed by atoms with Gasteiger partial charge in [-0.1, -0.05) is 58.9 Å². The van der Waals surface area contributed by atoms with Crippen molar-refractivity contribution < 1.29 is 85.3 Å². The molecular formula is C72H84O19. The molecule has 91 heavy (non-hydrogen) atoms. The van der Waals surface area contributed by atoms with Gasteiger partial charge in [-0.3, -0.25) is 28.8 Å². The quantitative estimate of drug-likeness (QED) is 0.0527. The van der Waals surface area contributed by atoms with Gasteiger partial charge in [0, 0.05) is 28.6 Å². The van der Waals surface area contributed by atoms with E-state index in [1.54, 1.807) is 85.1 Å². The molecule has 486 valence electrons. The van der Waals surface area contributed by atoms with Gasteiger partial charge in [0.05, 0.1) is 39.8 Å². The van der Waals surface area contributed by atoms with E-state index in [2.05, 4.69) is 0 Å². The fourth-order valence-electron chi connectivity index (χ4n) is 7.76. The minimum absolute atomic E-state index is 0.168. The average molecular weight is 1250 g/mol. The largest absolute Gasteiger partial charge is 0.465 e. The standard InChI is InChI=1S/C15H16O4.C15H18O4.C15H18O3.C14H16O4.C13H16O4/c1-4-15(2,3)14(17)18-11-6-7-12-10(9-11)5-8-13(16)19-12;1-4-15(2,3)14(17)18-11-7-5-10-6-8-13(16)19-12(10)9-11;1-4-15(2,3)14(16)18-12-7-8-13-11(10-12)6-5-9-17-13;1-4-14(2,3)13(16)18-10-7-5-6-9-8-17-12(15)11(9)10;1-4-13(2,3)12(14)17-10-7-5-6-9-11(10)16-8-15-9/h5-9H,4H2,1-3H3;5,7,9H,4,6,8H2,1-3H3;5,7-10H,4,6H2,1-3H3;5-7H,4,8H2,1-3H3;5-7H,4,8H2,1-3H3. The van der Waals surface area contributed by atoms with Crippen molar-refractivity contribution in [3.8, 4) is 51.7 Å². The number of para-hydroxylation sites is 1. The Labute approximate surface area is 531 Å². The van der Waals surface area contributed by atoms with Crippen LogP contribution in [0.15, 0.2) is 125 Å². The van der Waals surface area contributed by atoms with Crippen molar-refractivity contribution in [2.45, 2.75) is 162 Å². The van der Waals surface area contributed by atoms with Gasteiger partial charge in [0.15, 0.2) is 11.5 Å². The fourth-order valence-corrected chi connectivity index (χ4v) is 7.76. The number of hydrogen-bond donors (Lipinski definition) is 0. The van der Waals surface area contributed by atoms with Crippen molar-refractivity contribution in [3.63, 3.8) is 0 Å². The second kappa shape index (κ2) is 30.5. The molecule has 10 rings (SSSR count). The lowest BCUT2D eigenvalue weighted by Crippen LogP contribution is -2.28. The molecule has 0 radical (unpaired) electrons. The summed E-state index contributed by atoms with van der Waals surface area (Å²) in [6.07, 6.45) is 9.03. The molecule has 6 aromatic rings. The number of esters is 7. The summed E-state index contributed by atoms with van der Waals surface area (Å²) in [6.45, 7) is 28.6. The van der Waals surface area contributed by atoms with Crippen LogP contribution < -0.4 is 48.3 Å². The van der Waals surface area contributed by atoms with Crippen molar-refractivity contribution >= 4 is 52.8 Å². The molecule has 0 bridgehead atoms. The molecule has 0 saturated carbocycles. The smallest absolute Gasteiger partial charge is 0.342 e. The van der Waals surface area contributed by atoms with Gasteiger partial charge >= 0.3 is 47.4 Å². The molecule has 1 aromatic heterocycles. The third kappa shape index (κ3) is 18.9. The number of ether oxygens (including phenoxy) is 10. The molecule has 0 N–H and O–H groups in total. The fraction of sp³-hybridized carbons (Fsp3) is 0.417. The van der Waals surface area contributed by atoms with Crippen LogP contribution in [0.1, 0.15) is 169 Å². The molecule has 5 heterocycles. The summed E-state index contributed by atoms with van der Waals surface area (Å²) in [4.78, 5) is 93.7. The molecular weight excluding hydrogens is 1170 g/mol. The van der Waals surface area contributed by atoms with E-state index in [1.165, 1.54) is 6.07 Å². The van der Waals surface area contributed by atoms with Crippen LogP contribution in [0.25, 0.3) is 11.0 Å². The van der Waals surface area contributed by atoms with Crippen molar-refractivity contribution in [3.05, 3.63) is 148 Å². The summed E-state index contributed by atoms with van der Waals surface area (Å²) in [5.41, 5.74) is 0.667. The first kappa shape index (κ1) is 70.8. The summed E-state index contributed by atoms with van der Waals surface area (Å²) < 4.78 is 57.7. The molecule has 0 amide bonds. The monoisotopic (exact) mass is 1250 g/mol. The van der Waals surface area contributed by atoms with E-state index in [-0.39, 0.29) is 49.2 Å². The number of fused-ring (bicyclic) bond motifs is 5. The van der Waals surface area contributed by atoms with Crippen LogP contribution in [0, 0.1) is 27.1 Å². The van der Waals surface area contributed by atoms with Crippen LogP contribution in [0.3, 0.4) is 0 Å². The Morgan fingerprint density at radius 1 is 0.462 bits per heavy atom. The first-order valence-corrected chi connectivity index (χ1v) is 30.5. The summed E-state index contributed by atoms with van der Waals surface area (Å²) in [5, 5.41) is 0.721. The SMILES string of the molecule is CCC(C)(C)C(=O)Oc1ccc2c(c1)CC=CO2.CCC(C)(C)C(=O)Oc1ccc2c(c1)OC(=O)CC2.CCC(C)(C)C(=O)Oc1ccc2oc(=O)ccc2c1.CCC(C)(C)C(=O)Oc1cccc2c1C(=O)OC2.CCC(C)(C)C(=O)Oc1cccc2c1OCO2. The first-order valence-electron chi connectivity index (χ1n) is 30.5. The predicted molar refractivity (Wildman–Crippen MR) is 339 cm³/mol. The van der Waals surface area contributed by atoms with Crippen LogP contribution in [0.4, 0.5) is 0 Å². The molecule has 4 aliphatic heterocycles. The van der Waals surface area contributed by atoms with Crippen molar-refractivity contribution in [1.29, 1.82) is 0 Å². The molecule has 0 atom stereocenters. The third-order valence-corrected chi connectivity index (χ3v) is 16.4. The van der Waals surface area contributed by atoms with Gasteiger partial charge in [-0.2, -0.15) is 0 Å². The molecule has 0 aliphatic carbocycles. The Hall–Kier alpha value is -9.26. The van der Waals surface area contributed by atoms with E-state index in [0.717, 1.165) is 47.1 Å². The van der Waals surface area contributed by atoms with Gasteiger partial charge in [0.25, 0.3) is 0 Å². The molecule has 0 saturated heterocycles. The maximum absolute atomic E-state index is 12.0. The highest BCUT2D eigenvalue weighted by Crippen LogP contribution is 2.42. The molecule has 4 aliphatic rings. The molecule has 0 unspecified atom stereocenters. The van der Waals surface area contributed by atoms with Crippen molar-refractivity contribution in [2.75, 3.05) is 6.79 Å². The summed E-state index contributed by atoms with van der Waals surface area (Å²) in [6, 6.07) is 29.0. The second-order valence-electron chi connectivity index (χ2n) is 25.2. The normalized spacial score (nSPS) is 13.5. The zero-order valence-corrected chi connectivity index (χ0v) is 54.8. The van der Waals surface area contributed by atoms with Crippen LogP contribution in [0.2, 0.25) is 0 Å². The lowest BCUT2D eigenvalue weighted by Gasteiger charge is -2.21. The number of aryl methyl sites for hydroxylation is 1. The zero-order valence-electron chi connectivity index (χ0n) is 54.8. The topological polar surface area (TPSA) is 242 Å². The van der Waals surface area contributed by atoms with E-state index in [9.17, 15) is 38.4 Å². The summed E-state index contributed by atoms with van der Waals surface area (Å²) in [7, 11) is 0. The van der Waals surface area contributed by atoms with Gasteiger partial charge in [-0.15, -0.1) is 0 Å². The lowest BCUT2D eigenvalue weighted by molar-refractivity contribution is -0.145. The van der Waals surface area contributed by atoms with E-state index in [0.29, 0.717) is 89.2 Å². The van der Waals surface area contributed by atoms with Gasteiger partial charge in [0.1, 0.15) is 52.3 Å². The number of benzene rings is 5. The van der Waals surface area contributed by atoms with Gasteiger partial charge in [-0.25, -0.2) is 9.59 Å². The highest BCUT2D eigenvalue weighted by Gasteiger charge is 2.34. The lowest BCUT2D eigenvalue weighted by atomic mass is 9.90. The number of rotatable bonds is 15. The van der Waals surface area contributed by atoms with Gasteiger partial charge < -0.3 is 51.8 Å². The van der Waals surface area contributed by atoms with Crippen molar-refractivity contribution in [1.82, 2.24) is 0 Å². The molecule has 0 spiro atoms. The Morgan fingerprint density at radius 3 is 1.57 bits per heavy atom. The number of hydrogen-bond acceptors (Lipinski definition) is 19. The Bertz CT molecular complexity index is 3730. The van der Waals surface area contributed by atoms with E-state index in [4.69, 9.17) is 51.8 Å². The second-order valence-corrected chi connectivity index (χ2v) is 25.2. The minimum atomic E-state index is -0.564. The highest BCUT2D eigenvalue weighted by molar-refractivity contribution is 5.97. The average Bonchev–Trinajstić information content (AvgIpc) is 2.32. The zero-order chi connectivity index (χ0) is 67.1. The van der Waals surface area contributed by atoms with Crippen LogP contribution in [-0.2, 0) is 53.0 Å². The molecule has 19 heteroatoms. The summed E-state index contributed by atoms with van der Waals surface area (Å²) in [5.74, 6) is 2.59. The molecule has 19 nitrogen and oxygen atoms in total. The van der Waals surface area contributed by atoms with Crippen molar-refractivity contribution in [2.24, 2.45) is 27.1 Å². The number of allylic oxidation sites excluding steroid dienone is 1. The number of cyclic esters (lactones) is 1. The molecule has 0 fully saturated rings. The molecule has 5 aromatic carbocycles. The van der Waals surface area contributed by atoms with Crippen LogP contribution >= 0.6 is 0 Å². The Kier molecular flexibility index (Phi) is 23.7. The van der Waals surface area contributed by atoms with Crippen LogP contribution in [0.5, 0.6) is 51.7 Å². The summed E-state index contributed by atoms with van der Waals surface area (Å²) >= 11 is 0. The van der Waals surface area contributed by atoms with Gasteiger partial charge in [0.2, 0.25) is 12.5 Å². The Balaban J connectivity index is 0.000000181. The van der Waals surface area contributed by atoms with E-state index < -0.39 is 38.7 Å². The highest BCUT2D eigenvalue weighted by atomic mass is 16.7. The third-order valence-electron chi connectivity index (χ3n) is 16.4.